The van der Waals surface area contributed by atoms with Gasteiger partial charge in [-0.25, -0.2) is 0 Å². The molecule has 0 aliphatic heterocycles. The molecular weight excluding hydrogens is 168 g/mol. The zero-order valence-electron chi connectivity index (χ0n) is 8.73. The van der Waals surface area contributed by atoms with Crippen molar-refractivity contribution in [1.29, 1.82) is 0 Å². The van der Waals surface area contributed by atoms with Crippen LogP contribution in [0.4, 0.5) is 0 Å². The van der Waals surface area contributed by atoms with Crippen LogP contribution in [0.25, 0.3) is 0 Å². The molecule has 0 aromatic heterocycles. The molecule has 0 fully saturated rings. The quantitative estimate of drug-likeness (QED) is 0.528. The average molecular weight is 187 g/mol. The van der Waals surface area contributed by atoms with Crippen molar-refractivity contribution in [2.45, 2.75) is 32.1 Å². The summed E-state index contributed by atoms with van der Waals surface area (Å²) in [6.07, 6.45) is 25.5. The molecule has 1 rings (SSSR count). The Kier molecular flexibility index (Phi) is 6.74. The van der Waals surface area contributed by atoms with E-state index in [1.165, 1.54) is 19.3 Å². The highest BCUT2D eigenvalue weighted by molar-refractivity contribution is 5.09. The van der Waals surface area contributed by atoms with Crippen molar-refractivity contribution in [3.8, 4) is 0 Å². The summed E-state index contributed by atoms with van der Waals surface area (Å²) in [5, 5.41) is 0. The van der Waals surface area contributed by atoms with E-state index in [9.17, 15) is 0 Å². The van der Waals surface area contributed by atoms with E-state index in [-0.39, 0.29) is 0 Å². The van der Waals surface area contributed by atoms with E-state index in [1.807, 2.05) is 0 Å². The monoisotopic (exact) mass is 187 g/mol. The molecule has 0 bridgehead atoms. The minimum atomic E-state index is 1.13. The molecule has 0 saturated carbocycles. The second-order valence-electron chi connectivity index (χ2n) is 3.41. The molecular formula is C14H19. The van der Waals surface area contributed by atoms with Crippen molar-refractivity contribution in [2.75, 3.05) is 0 Å². The summed E-state index contributed by atoms with van der Waals surface area (Å²) in [6.45, 7) is 0. The molecule has 1 aliphatic carbocycles. The van der Waals surface area contributed by atoms with Crippen molar-refractivity contribution in [1.82, 2.24) is 0 Å². The first-order valence-corrected chi connectivity index (χ1v) is 5.47. The Morgan fingerprint density at radius 1 is 0.500 bits per heavy atom. The number of allylic oxidation sites excluding steroid dienone is 8. The van der Waals surface area contributed by atoms with Crippen molar-refractivity contribution in [2.24, 2.45) is 0 Å². The lowest BCUT2D eigenvalue weighted by Crippen LogP contribution is -1.71. The molecule has 0 atom stereocenters. The fourth-order valence-corrected chi connectivity index (χ4v) is 1.31. The lowest BCUT2D eigenvalue weighted by molar-refractivity contribution is 0.867. The van der Waals surface area contributed by atoms with Gasteiger partial charge < -0.3 is 0 Å². The minimum Gasteiger partial charge on any atom is -0.0879 e. The minimum absolute atomic E-state index is 1.13. The highest BCUT2D eigenvalue weighted by Crippen LogP contribution is 2.01. The van der Waals surface area contributed by atoms with Crippen LogP contribution in [0, 0.1) is 6.42 Å². The van der Waals surface area contributed by atoms with Gasteiger partial charge in [0.25, 0.3) is 0 Å². The summed E-state index contributed by atoms with van der Waals surface area (Å²) in [7, 11) is 0. The fourth-order valence-electron chi connectivity index (χ4n) is 1.31. The van der Waals surface area contributed by atoms with E-state index in [4.69, 9.17) is 0 Å². The van der Waals surface area contributed by atoms with Crippen molar-refractivity contribution >= 4 is 0 Å². The molecule has 0 amide bonds. The first-order valence-electron chi connectivity index (χ1n) is 5.47. The van der Waals surface area contributed by atoms with Crippen molar-refractivity contribution < 1.29 is 0 Å². The zero-order chi connectivity index (χ0) is 9.90. The third-order valence-electron chi connectivity index (χ3n) is 2.12. The summed E-state index contributed by atoms with van der Waals surface area (Å²) in [6, 6.07) is 0. The Balaban J connectivity index is 2.34. The molecule has 0 unspecified atom stereocenters. The summed E-state index contributed by atoms with van der Waals surface area (Å²) >= 11 is 0. The number of rotatable bonds is 0. The standard InChI is InChI=1S/C14H19/c1-2-4-6-8-10-12-14-13-11-9-7-5-3-1/h1-5,10,12-14H,6-9,11H2/b4-2+,5-3-,12-10-,14-13+. The second kappa shape index (κ2) is 8.55. The van der Waals surface area contributed by atoms with Gasteiger partial charge in [0.2, 0.25) is 0 Å². The molecule has 0 heterocycles. The summed E-state index contributed by atoms with van der Waals surface area (Å²) < 4.78 is 0. The van der Waals surface area contributed by atoms with Gasteiger partial charge in [0.1, 0.15) is 0 Å². The van der Waals surface area contributed by atoms with Crippen LogP contribution in [0.2, 0.25) is 0 Å². The maximum absolute atomic E-state index is 2.25. The molecule has 0 heteroatoms. The third kappa shape index (κ3) is 6.47. The average Bonchev–Trinajstić information content (AvgIpc) is 2.22. The van der Waals surface area contributed by atoms with Gasteiger partial charge in [-0.05, 0) is 32.1 Å². The molecule has 75 valence electrons. The molecule has 1 aliphatic rings. The van der Waals surface area contributed by atoms with E-state index in [1.54, 1.807) is 0 Å². The van der Waals surface area contributed by atoms with E-state index in [0.717, 1.165) is 12.8 Å². The van der Waals surface area contributed by atoms with Crippen LogP contribution < -0.4 is 0 Å². The molecule has 0 nitrogen and oxygen atoms in total. The highest BCUT2D eigenvalue weighted by atomic mass is 13.9. The number of hydrogen-bond acceptors (Lipinski definition) is 0. The van der Waals surface area contributed by atoms with Gasteiger partial charge in [-0.1, -0.05) is 48.6 Å². The van der Waals surface area contributed by atoms with Crippen LogP contribution in [0.15, 0.2) is 48.6 Å². The van der Waals surface area contributed by atoms with E-state index in [2.05, 4.69) is 55.0 Å². The fraction of sp³-hybridized carbons (Fsp3) is 0.357. The van der Waals surface area contributed by atoms with Crippen LogP contribution in [-0.4, -0.2) is 0 Å². The first-order chi connectivity index (χ1) is 7.00. The molecule has 1 radical (unpaired) electrons. The van der Waals surface area contributed by atoms with Gasteiger partial charge >= 0.3 is 0 Å². The predicted molar refractivity (Wildman–Crippen MR) is 63.9 cm³/mol. The van der Waals surface area contributed by atoms with Gasteiger partial charge in [0.15, 0.2) is 0 Å². The van der Waals surface area contributed by atoms with Crippen LogP contribution in [-0.2, 0) is 0 Å². The molecule has 0 N–H and O–H groups in total. The van der Waals surface area contributed by atoms with Crippen LogP contribution in [0.3, 0.4) is 0 Å². The molecule has 0 aromatic rings. The Bertz CT molecular complexity index is 228. The predicted octanol–water partition coefficient (Wildman–Crippen LogP) is 4.38. The number of hydrogen-bond donors (Lipinski definition) is 0. The summed E-state index contributed by atoms with van der Waals surface area (Å²) in [5.74, 6) is 0. The lowest BCUT2D eigenvalue weighted by atomic mass is 10.2. The van der Waals surface area contributed by atoms with Gasteiger partial charge in [0, 0.05) is 6.42 Å². The Labute approximate surface area is 87.7 Å². The van der Waals surface area contributed by atoms with Gasteiger partial charge in [-0.3, -0.25) is 0 Å². The van der Waals surface area contributed by atoms with E-state index in [0.29, 0.717) is 0 Å². The maximum atomic E-state index is 2.25. The summed E-state index contributed by atoms with van der Waals surface area (Å²) in [4.78, 5) is 0. The van der Waals surface area contributed by atoms with Crippen LogP contribution >= 0.6 is 0 Å². The highest BCUT2D eigenvalue weighted by Gasteiger charge is 1.81. The molecule has 14 heavy (non-hydrogen) atoms. The van der Waals surface area contributed by atoms with Gasteiger partial charge in [0.05, 0.1) is 0 Å². The van der Waals surface area contributed by atoms with Crippen molar-refractivity contribution in [3.63, 3.8) is 0 Å². The normalized spacial score (nSPS) is 28.6. The lowest BCUT2D eigenvalue weighted by Gasteiger charge is -1.91. The van der Waals surface area contributed by atoms with E-state index >= 15 is 0 Å². The summed E-state index contributed by atoms with van der Waals surface area (Å²) in [5.41, 5.74) is 0. The van der Waals surface area contributed by atoms with Gasteiger partial charge in [-0.2, -0.15) is 0 Å². The Morgan fingerprint density at radius 2 is 1.00 bits per heavy atom. The maximum Gasteiger partial charge on any atom is 0.00441 e. The Hall–Kier alpha value is -1.04. The molecule has 0 spiro atoms. The third-order valence-corrected chi connectivity index (χ3v) is 2.12. The zero-order valence-corrected chi connectivity index (χ0v) is 8.73. The van der Waals surface area contributed by atoms with Crippen LogP contribution in [0.5, 0.6) is 0 Å². The van der Waals surface area contributed by atoms with Gasteiger partial charge in [-0.15, -0.1) is 0 Å². The second-order valence-corrected chi connectivity index (χ2v) is 3.41. The van der Waals surface area contributed by atoms with E-state index < -0.39 is 0 Å². The topological polar surface area (TPSA) is 0 Å². The SMILES string of the molecule is [CH]1/C=C\CCC/C=C/C=C\CC/C=C/1. The Morgan fingerprint density at radius 3 is 1.71 bits per heavy atom. The smallest absolute Gasteiger partial charge is 0.00441 e. The van der Waals surface area contributed by atoms with Crippen LogP contribution in [0.1, 0.15) is 32.1 Å². The first kappa shape index (κ1) is 11.0. The van der Waals surface area contributed by atoms with Crippen molar-refractivity contribution in [3.05, 3.63) is 55.0 Å². The molecule has 0 aromatic carbocycles. The molecule has 0 saturated heterocycles. The largest absolute Gasteiger partial charge is 0.0879 e.